The smallest absolute Gasteiger partial charge is 0.421 e. The van der Waals surface area contributed by atoms with Crippen molar-refractivity contribution in [2.45, 2.75) is 26.3 Å². The van der Waals surface area contributed by atoms with E-state index < -0.39 is 16.3 Å². The number of nitrogens with one attached hydrogen (secondary N) is 1. The molecule has 1 atom stereocenters. The Morgan fingerprint density at radius 2 is 2.00 bits per heavy atom. The van der Waals surface area contributed by atoms with Crippen LogP contribution in [0.3, 0.4) is 0 Å². The average Bonchev–Trinajstić information content (AvgIpc) is 2.24. The van der Waals surface area contributed by atoms with Crippen molar-refractivity contribution in [3.8, 4) is 0 Å². The topological polar surface area (TPSA) is 102 Å². The summed E-state index contributed by atoms with van der Waals surface area (Å²) in [5.74, 6) is 0.277. The quantitative estimate of drug-likeness (QED) is 0.699. The molecule has 0 aromatic rings. The monoisotopic (exact) mass is 267 g/mol. The minimum absolute atomic E-state index is 0.0780. The zero-order chi connectivity index (χ0) is 13.6. The van der Waals surface area contributed by atoms with Gasteiger partial charge >= 0.3 is 16.3 Å². The molecule has 0 radical (unpaired) electrons. The molecule has 102 valence electrons. The van der Waals surface area contributed by atoms with E-state index in [2.05, 4.69) is 4.74 Å². The lowest BCUT2D eigenvalue weighted by Crippen LogP contribution is -2.43. The normalized spacial score (nSPS) is 13.8. The Labute approximate surface area is 102 Å². The molecule has 0 aromatic carbocycles. The van der Waals surface area contributed by atoms with Gasteiger partial charge in [0.05, 0.1) is 7.11 Å². The fourth-order valence-corrected chi connectivity index (χ4v) is 1.80. The van der Waals surface area contributed by atoms with Crippen LogP contribution in [-0.2, 0) is 14.9 Å². The lowest BCUT2D eigenvalue weighted by atomic mass is 10.0. The SMILES string of the molecule is COC(=O)NS(=O)(=O)N(C)CCC(N)C(C)C. The summed E-state index contributed by atoms with van der Waals surface area (Å²) in [5.41, 5.74) is 5.80. The van der Waals surface area contributed by atoms with Crippen LogP contribution < -0.4 is 10.5 Å². The van der Waals surface area contributed by atoms with Crippen molar-refractivity contribution < 1.29 is 17.9 Å². The van der Waals surface area contributed by atoms with Crippen LogP contribution in [0.15, 0.2) is 0 Å². The van der Waals surface area contributed by atoms with Gasteiger partial charge in [0, 0.05) is 19.6 Å². The van der Waals surface area contributed by atoms with Gasteiger partial charge in [-0.15, -0.1) is 0 Å². The highest BCUT2D eigenvalue weighted by atomic mass is 32.2. The molecule has 17 heavy (non-hydrogen) atoms. The van der Waals surface area contributed by atoms with Crippen molar-refractivity contribution in [1.29, 1.82) is 0 Å². The molecule has 1 amide bonds. The van der Waals surface area contributed by atoms with Crippen molar-refractivity contribution in [3.05, 3.63) is 0 Å². The third kappa shape index (κ3) is 5.85. The molecule has 0 bridgehead atoms. The zero-order valence-electron chi connectivity index (χ0n) is 10.6. The van der Waals surface area contributed by atoms with E-state index in [9.17, 15) is 13.2 Å². The molecule has 0 aliphatic carbocycles. The molecule has 1 unspecified atom stereocenters. The highest BCUT2D eigenvalue weighted by Crippen LogP contribution is 2.05. The number of carbonyl (C=O) groups excluding carboxylic acids is 1. The number of methoxy groups -OCH3 is 1. The lowest BCUT2D eigenvalue weighted by molar-refractivity contribution is 0.177. The third-order valence-electron chi connectivity index (χ3n) is 2.44. The number of carbonyl (C=O) groups is 1. The Bertz CT molecular complexity index is 342. The first kappa shape index (κ1) is 16.1. The minimum atomic E-state index is -3.84. The second-order valence-corrected chi connectivity index (χ2v) is 5.89. The number of hydrogen-bond acceptors (Lipinski definition) is 5. The van der Waals surface area contributed by atoms with Gasteiger partial charge in [0.2, 0.25) is 0 Å². The third-order valence-corrected chi connectivity index (χ3v) is 3.87. The number of rotatable bonds is 6. The van der Waals surface area contributed by atoms with Gasteiger partial charge in [-0.2, -0.15) is 12.7 Å². The van der Waals surface area contributed by atoms with Crippen LogP contribution in [0.4, 0.5) is 4.79 Å². The van der Waals surface area contributed by atoms with E-state index in [0.717, 1.165) is 11.4 Å². The predicted molar refractivity (Wildman–Crippen MR) is 64.5 cm³/mol. The maximum absolute atomic E-state index is 11.6. The van der Waals surface area contributed by atoms with E-state index >= 15 is 0 Å². The number of nitrogens with two attached hydrogens (primary N) is 1. The molecule has 0 rings (SSSR count). The van der Waals surface area contributed by atoms with Gasteiger partial charge in [0.1, 0.15) is 0 Å². The van der Waals surface area contributed by atoms with Gasteiger partial charge in [-0.3, -0.25) is 0 Å². The molecular weight excluding hydrogens is 246 g/mol. The van der Waals surface area contributed by atoms with Gasteiger partial charge in [-0.25, -0.2) is 9.52 Å². The van der Waals surface area contributed by atoms with Crippen LogP contribution in [0.25, 0.3) is 0 Å². The second-order valence-electron chi connectivity index (χ2n) is 4.12. The van der Waals surface area contributed by atoms with Crippen LogP contribution in [0.5, 0.6) is 0 Å². The van der Waals surface area contributed by atoms with Gasteiger partial charge in [0.15, 0.2) is 0 Å². The second kappa shape index (κ2) is 6.77. The summed E-state index contributed by atoms with van der Waals surface area (Å²) in [4.78, 5) is 10.8. The molecule has 0 heterocycles. The van der Waals surface area contributed by atoms with Gasteiger partial charge in [0.25, 0.3) is 0 Å². The van der Waals surface area contributed by atoms with Crippen LogP contribution in [0.1, 0.15) is 20.3 Å². The van der Waals surface area contributed by atoms with E-state index in [1.807, 2.05) is 13.8 Å². The summed E-state index contributed by atoms with van der Waals surface area (Å²) in [6.45, 7) is 4.17. The maximum Gasteiger partial charge on any atom is 0.421 e. The molecule has 0 aliphatic rings. The largest absolute Gasteiger partial charge is 0.452 e. The van der Waals surface area contributed by atoms with Crippen molar-refractivity contribution in [2.75, 3.05) is 20.7 Å². The predicted octanol–water partition coefficient (Wildman–Crippen LogP) is -0.108. The molecule has 0 saturated heterocycles. The summed E-state index contributed by atoms with van der Waals surface area (Å²) >= 11 is 0. The fraction of sp³-hybridized carbons (Fsp3) is 0.889. The Balaban J connectivity index is 4.30. The number of hydrogen-bond donors (Lipinski definition) is 2. The number of amides is 1. The Hall–Kier alpha value is -0.860. The van der Waals surface area contributed by atoms with E-state index in [1.54, 1.807) is 4.72 Å². The highest BCUT2D eigenvalue weighted by molar-refractivity contribution is 7.87. The number of nitrogens with zero attached hydrogens (tertiary/aromatic N) is 1. The molecular formula is C9H21N3O4S. The van der Waals surface area contributed by atoms with Crippen LogP contribution in [-0.4, -0.2) is 45.6 Å². The standard InChI is InChI=1S/C9H21N3O4S/c1-7(2)8(10)5-6-12(3)17(14,15)11-9(13)16-4/h7-8H,5-6,10H2,1-4H3,(H,11,13). The van der Waals surface area contributed by atoms with Crippen LogP contribution >= 0.6 is 0 Å². The van der Waals surface area contributed by atoms with Gasteiger partial charge in [-0.05, 0) is 12.3 Å². The molecule has 0 aromatic heterocycles. The lowest BCUT2D eigenvalue weighted by Gasteiger charge is -2.20. The molecule has 7 nitrogen and oxygen atoms in total. The summed E-state index contributed by atoms with van der Waals surface area (Å²) in [7, 11) is -1.37. The zero-order valence-corrected chi connectivity index (χ0v) is 11.5. The van der Waals surface area contributed by atoms with E-state index in [0.29, 0.717) is 6.42 Å². The number of ether oxygens (including phenoxy) is 1. The highest BCUT2D eigenvalue weighted by Gasteiger charge is 2.21. The average molecular weight is 267 g/mol. The molecule has 0 fully saturated rings. The van der Waals surface area contributed by atoms with Crippen molar-refractivity contribution >= 4 is 16.3 Å². The molecule has 0 saturated carbocycles. The molecule has 3 N–H and O–H groups in total. The summed E-state index contributed by atoms with van der Waals surface area (Å²) in [5, 5.41) is 0. The summed E-state index contributed by atoms with van der Waals surface area (Å²) in [6, 6.07) is -0.0780. The Morgan fingerprint density at radius 1 is 1.47 bits per heavy atom. The van der Waals surface area contributed by atoms with E-state index in [-0.39, 0.29) is 18.5 Å². The van der Waals surface area contributed by atoms with E-state index in [4.69, 9.17) is 5.73 Å². The van der Waals surface area contributed by atoms with Crippen LogP contribution in [0.2, 0.25) is 0 Å². The Morgan fingerprint density at radius 3 is 2.41 bits per heavy atom. The molecule has 0 aliphatic heterocycles. The molecule has 8 heteroatoms. The van der Waals surface area contributed by atoms with Gasteiger partial charge < -0.3 is 10.5 Å². The van der Waals surface area contributed by atoms with E-state index in [1.165, 1.54) is 7.05 Å². The molecule has 0 spiro atoms. The minimum Gasteiger partial charge on any atom is -0.452 e. The van der Waals surface area contributed by atoms with Gasteiger partial charge in [-0.1, -0.05) is 13.8 Å². The summed E-state index contributed by atoms with van der Waals surface area (Å²) in [6.07, 6.45) is -0.485. The van der Waals surface area contributed by atoms with Crippen molar-refractivity contribution in [2.24, 2.45) is 11.7 Å². The first-order valence-electron chi connectivity index (χ1n) is 5.28. The van der Waals surface area contributed by atoms with Crippen molar-refractivity contribution in [3.63, 3.8) is 0 Å². The van der Waals surface area contributed by atoms with Crippen molar-refractivity contribution in [1.82, 2.24) is 9.03 Å². The fourth-order valence-electron chi connectivity index (χ4n) is 1.01. The summed E-state index contributed by atoms with van der Waals surface area (Å²) < 4.78 is 30.1. The van der Waals surface area contributed by atoms with Crippen LogP contribution in [0, 0.1) is 5.92 Å². The Kier molecular flexibility index (Phi) is 6.43. The maximum atomic E-state index is 11.6. The first-order chi connectivity index (χ1) is 7.70. The first-order valence-corrected chi connectivity index (χ1v) is 6.72.